The Labute approximate surface area is 124 Å². The van der Waals surface area contributed by atoms with Gasteiger partial charge in [0, 0.05) is 24.2 Å². The van der Waals surface area contributed by atoms with E-state index in [0.29, 0.717) is 0 Å². The first kappa shape index (κ1) is 13.6. The molecule has 0 unspecified atom stereocenters. The molecule has 0 spiro atoms. The first-order valence-electron chi connectivity index (χ1n) is 7.12. The molecule has 0 saturated heterocycles. The minimum atomic E-state index is 0.177. The Balaban J connectivity index is 2.07. The second-order valence-electron chi connectivity index (χ2n) is 5.55. The number of aryl methyl sites for hydroxylation is 2. The standard InChI is InChI=1S/C17H19N3O/c1-11(2)21-14-5-6-15(12(3)9-14)16-13(4)10-20-8-7-18-17(20)19-16/h5-11H,1-4H3. The lowest BCUT2D eigenvalue weighted by Gasteiger charge is -2.13. The highest BCUT2D eigenvalue weighted by molar-refractivity contribution is 5.68. The second-order valence-corrected chi connectivity index (χ2v) is 5.55. The van der Waals surface area contributed by atoms with Crippen LogP contribution in [0, 0.1) is 13.8 Å². The molecule has 0 radical (unpaired) electrons. The fourth-order valence-corrected chi connectivity index (χ4v) is 2.47. The number of ether oxygens (including phenoxy) is 1. The Bertz CT molecular complexity index is 790. The summed E-state index contributed by atoms with van der Waals surface area (Å²) in [6.07, 6.45) is 5.91. The molecule has 2 heterocycles. The Kier molecular flexibility index (Phi) is 3.37. The summed E-state index contributed by atoms with van der Waals surface area (Å²) < 4.78 is 7.67. The monoisotopic (exact) mass is 281 g/mol. The minimum absolute atomic E-state index is 0.177. The molecule has 3 aromatic rings. The highest BCUT2D eigenvalue weighted by Crippen LogP contribution is 2.28. The Morgan fingerprint density at radius 1 is 1.14 bits per heavy atom. The van der Waals surface area contributed by atoms with Gasteiger partial charge in [-0.05, 0) is 57.0 Å². The number of aromatic nitrogens is 3. The summed E-state index contributed by atoms with van der Waals surface area (Å²) in [6, 6.07) is 6.13. The van der Waals surface area contributed by atoms with Crippen molar-refractivity contribution >= 4 is 5.78 Å². The molecule has 4 nitrogen and oxygen atoms in total. The molecule has 3 rings (SSSR count). The molecule has 0 bridgehead atoms. The van der Waals surface area contributed by atoms with Crippen LogP contribution in [0.25, 0.3) is 17.0 Å². The largest absolute Gasteiger partial charge is 0.491 e. The predicted molar refractivity (Wildman–Crippen MR) is 83.7 cm³/mol. The lowest BCUT2D eigenvalue weighted by atomic mass is 10.0. The molecule has 0 aliphatic heterocycles. The third-order valence-electron chi connectivity index (χ3n) is 3.39. The van der Waals surface area contributed by atoms with Crippen molar-refractivity contribution in [1.82, 2.24) is 14.4 Å². The average Bonchev–Trinajstić information content (AvgIpc) is 2.84. The Hall–Kier alpha value is -2.36. The van der Waals surface area contributed by atoms with Gasteiger partial charge in [0.1, 0.15) is 5.75 Å². The van der Waals surface area contributed by atoms with Gasteiger partial charge in [-0.2, -0.15) is 0 Å². The molecule has 4 heteroatoms. The lowest BCUT2D eigenvalue weighted by Crippen LogP contribution is -2.05. The zero-order valence-electron chi connectivity index (χ0n) is 12.8. The predicted octanol–water partition coefficient (Wildman–Crippen LogP) is 3.80. The number of fused-ring (bicyclic) bond motifs is 1. The Morgan fingerprint density at radius 2 is 1.95 bits per heavy atom. The van der Waals surface area contributed by atoms with Crippen LogP contribution in [-0.4, -0.2) is 20.5 Å². The maximum Gasteiger partial charge on any atom is 0.234 e. The van der Waals surface area contributed by atoms with Crippen LogP contribution in [0.2, 0.25) is 0 Å². The lowest BCUT2D eigenvalue weighted by molar-refractivity contribution is 0.242. The van der Waals surface area contributed by atoms with E-state index in [2.05, 4.69) is 42.1 Å². The van der Waals surface area contributed by atoms with Crippen LogP contribution < -0.4 is 4.74 Å². The maximum absolute atomic E-state index is 5.74. The van der Waals surface area contributed by atoms with Crippen LogP contribution in [0.3, 0.4) is 0 Å². The first-order chi connectivity index (χ1) is 10.0. The van der Waals surface area contributed by atoms with Gasteiger partial charge in [0.15, 0.2) is 0 Å². The van der Waals surface area contributed by atoms with E-state index in [4.69, 9.17) is 4.74 Å². The van der Waals surface area contributed by atoms with E-state index < -0.39 is 0 Å². The maximum atomic E-state index is 5.74. The summed E-state index contributed by atoms with van der Waals surface area (Å²) in [7, 11) is 0. The molecular weight excluding hydrogens is 262 g/mol. The molecule has 108 valence electrons. The average molecular weight is 281 g/mol. The SMILES string of the molecule is Cc1cc(OC(C)C)ccc1-c1nc2nccn2cc1C. The summed E-state index contributed by atoms with van der Waals surface area (Å²) in [5.74, 6) is 1.61. The van der Waals surface area contributed by atoms with Crippen LogP contribution >= 0.6 is 0 Å². The fraction of sp³-hybridized carbons (Fsp3) is 0.294. The van der Waals surface area contributed by atoms with E-state index >= 15 is 0 Å². The smallest absolute Gasteiger partial charge is 0.234 e. The van der Waals surface area contributed by atoms with Crippen LogP contribution in [0.1, 0.15) is 25.0 Å². The molecule has 0 fully saturated rings. The molecule has 0 aliphatic carbocycles. The third-order valence-corrected chi connectivity index (χ3v) is 3.39. The van der Waals surface area contributed by atoms with Crippen molar-refractivity contribution in [2.45, 2.75) is 33.8 Å². The quantitative estimate of drug-likeness (QED) is 0.733. The molecule has 0 N–H and O–H groups in total. The van der Waals surface area contributed by atoms with Crippen molar-refractivity contribution in [1.29, 1.82) is 0 Å². The van der Waals surface area contributed by atoms with Crippen molar-refractivity contribution < 1.29 is 4.74 Å². The van der Waals surface area contributed by atoms with E-state index in [-0.39, 0.29) is 6.10 Å². The van der Waals surface area contributed by atoms with Gasteiger partial charge in [0.05, 0.1) is 11.8 Å². The van der Waals surface area contributed by atoms with E-state index in [1.807, 2.05) is 30.5 Å². The zero-order valence-corrected chi connectivity index (χ0v) is 12.8. The van der Waals surface area contributed by atoms with Crippen molar-refractivity contribution in [3.05, 3.63) is 47.9 Å². The Morgan fingerprint density at radius 3 is 2.67 bits per heavy atom. The van der Waals surface area contributed by atoms with Gasteiger partial charge in [-0.3, -0.25) is 4.40 Å². The van der Waals surface area contributed by atoms with E-state index in [1.165, 1.54) is 0 Å². The van der Waals surface area contributed by atoms with Crippen LogP contribution in [-0.2, 0) is 0 Å². The van der Waals surface area contributed by atoms with Crippen molar-refractivity contribution in [3.8, 4) is 17.0 Å². The van der Waals surface area contributed by atoms with Gasteiger partial charge in [0.25, 0.3) is 0 Å². The van der Waals surface area contributed by atoms with Crippen molar-refractivity contribution in [3.63, 3.8) is 0 Å². The van der Waals surface area contributed by atoms with Gasteiger partial charge in [0.2, 0.25) is 5.78 Å². The summed E-state index contributed by atoms with van der Waals surface area (Å²) in [5, 5.41) is 0. The van der Waals surface area contributed by atoms with Gasteiger partial charge < -0.3 is 4.74 Å². The summed E-state index contributed by atoms with van der Waals surface area (Å²) in [4.78, 5) is 8.93. The number of hydrogen-bond acceptors (Lipinski definition) is 3. The fourth-order valence-electron chi connectivity index (χ4n) is 2.47. The van der Waals surface area contributed by atoms with E-state index in [0.717, 1.165) is 33.9 Å². The first-order valence-corrected chi connectivity index (χ1v) is 7.12. The molecular formula is C17H19N3O. The topological polar surface area (TPSA) is 39.4 Å². The summed E-state index contributed by atoms with van der Waals surface area (Å²) in [6.45, 7) is 8.21. The van der Waals surface area contributed by atoms with Crippen molar-refractivity contribution in [2.24, 2.45) is 0 Å². The van der Waals surface area contributed by atoms with Crippen LogP contribution in [0.15, 0.2) is 36.8 Å². The number of nitrogens with zero attached hydrogens (tertiary/aromatic N) is 3. The highest BCUT2D eigenvalue weighted by Gasteiger charge is 2.10. The summed E-state index contributed by atoms with van der Waals surface area (Å²) >= 11 is 0. The van der Waals surface area contributed by atoms with Crippen LogP contribution in [0.4, 0.5) is 0 Å². The molecule has 21 heavy (non-hydrogen) atoms. The third kappa shape index (κ3) is 2.61. The molecule has 0 aliphatic rings. The van der Waals surface area contributed by atoms with E-state index in [1.54, 1.807) is 6.20 Å². The van der Waals surface area contributed by atoms with Gasteiger partial charge in [-0.15, -0.1) is 0 Å². The summed E-state index contributed by atoms with van der Waals surface area (Å²) in [5.41, 5.74) is 4.37. The minimum Gasteiger partial charge on any atom is -0.491 e. The number of imidazole rings is 1. The molecule has 0 atom stereocenters. The van der Waals surface area contributed by atoms with Gasteiger partial charge in [-0.25, -0.2) is 9.97 Å². The van der Waals surface area contributed by atoms with E-state index in [9.17, 15) is 0 Å². The highest BCUT2D eigenvalue weighted by atomic mass is 16.5. The molecule has 1 aromatic carbocycles. The second kappa shape index (κ2) is 5.20. The molecule has 0 amide bonds. The normalized spacial score (nSPS) is 11.3. The molecule has 2 aromatic heterocycles. The zero-order chi connectivity index (χ0) is 15.0. The number of hydrogen-bond donors (Lipinski definition) is 0. The number of benzene rings is 1. The van der Waals surface area contributed by atoms with Gasteiger partial charge >= 0.3 is 0 Å². The van der Waals surface area contributed by atoms with Gasteiger partial charge in [-0.1, -0.05) is 0 Å². The number of rotatable bonds is 3. The van der Waals surface area contributed by atoms with Crippen LogP contribution in [0.5, 0.6) is 5.75 Å². The molecule has 0 saturated carbocycles. The van der Waals surface area contributed by atoms with Crippen molar-refractivity contribution in [2.75, 3.05) is 0 Å².